The van der Waals surface area contributed by atoms with Crippen LogP contribution >= 0.6 is 11.3 Å². The topological polar surface area (TPSA) is 32.3 Å². The Morgan fingerprint density at radius 3 is 2.67 bits per heavy atom. The van der Waals surface area contributed by atoms with E-state index in [-0.39, 0.29) is 0 Å². The Hall–Kier alpha value is -0.230. The van der Waals surface area contributed by atoms with Gasteiger partial charge in [-0.1, -0.05) is 13.8 Å². The van der Waals surface area contributed by atoms with Crippen LogP contribution in [0.25, 0.3) is 0 Å². The molecule has 18 heavy (non-hydrogen) atoms. The van der Waals surface area contributed by atoms with Gasteiger partial charge in [-0.2, -0.15) is 0 Å². The first kappa shape index (κ1) is 14.2. The van der Waals surface area contributed by atoms with Crippen molar-refractivity contribution in [1.82, 2.24) is 10.2 Å². The molecule has 5 heteroatoms. The molecule has 102 valence electrons. The van der Waals surface area contributed by atoms with Crippen molar-refractivity contribution in [2.45, 2.75) is 33.0 Å². The number of hydrogen-bond donors (Lipinski definition) is 1. The largest absolute Gasteiger partial charge is 0.310 e. The molecule has 2 heterocycles. The van der Waals surface area contributed by atoms with E-state index in [1.54, 1.807) is 0 Å². The molecular formula is C13H22N2OS2. The van der Waals surface area contributed by atoms with E-state index in [4.69, 9.17) is 0 Å². The lowest BCUT2D eigenvalue weighted by molar-refractivity contribution is 0.294. The summed E-state index contributed by atoms with van der Waals surface area (Å²) < 4.78 is 11.3. The molecule has 1 aromatic rings. The molecule has 0 aromatic carbocycles. The molecule has 0 bridgehead atoms. The summed E-state index contributed by atoms with van der Waals surface area (Å²) in [6.07, 6.45) is 0. The molecule has 1 aliphatic heterocycles. The van der Waals surface area contributed by atoms with E-state index < -0.39 is 10.8 Å². The van der Waals surface area contributed by atoms with Gasteiger partial charge in [0.1, 0.15) is 0 Å². The van der Waals surface area contributed by atoms with Crippen molar-refractivity contribution in [3.8, 4) is 0 Å². The molecule has 2 rings (SSSR count). The quantitative estimate of drug-likeness (QED) is 0.896. The molecule has 0 aliphatic carbocycles. The SMILES string of the molecule is CC(C)NCc1ccc(CN2CCS(=O)CC2)s1. The fraction of sp³-hybridized carbons (Fsp3) is 0.692. The zero-order valence-corrected chi connectivity index (χ0v) is 12.8. The molecule has 0 amide bonds. The van der Waals surface area contributed by atoms with Crippen LogP contribution in [0, 0.1) is 0 Å². The molecule has 1 fully saturated rings. The third-order valence-corrected chi connectivity index (χ3v) is 5.40. The molecule has 1 aliphatic rings. The van der Waals surface area contributed by atoms with Crippen molar-refractivity contribution in [2.24, 2.45) is 0 Å². The van der Waals surface area contributed by atoms with Crippen molar-refractivity contribution in [2.75, 3.05) is 24.6 Å². The number of nitrogens with one attached hydrogen (secondary N) is 1. The molecule has 0 atom stereocenters. The minimum Gasteiger partial charge on any atom is -0.310 e. The van der Waals surface area contributed by atoms with Gasteiger partial charge < -0.3 is 5.32 Å². The van der Waals surface area contributed by atoms with E-state index in [2.05, 4.69) is 36.2 Å². The molecule has 0 spiro atoms. The van der Waals surface area contributed by atoms with Crippen LogP contribution in [0.4, 0.5) is 0 Å². The van der Waals surface area contributed by atoms with Crippen molar-refractivity contribution >= 4 is 22.1 Å². The van der Waals surface area contributed by atoms with Gasteiger partial charge in [0.25, 0.3) is 0 Å². The summed E-state index contributed by atoms with van der Waals surface area (Å²) >= 11 is 1.89. The van der Waals surface area contributed by atoms with Gasteiger partial charge in [0.15, 0.2) is 0 Å². The van der Waals surface area contributed by atoms with Gasteiger partial charge in [-0.15, -0.1) is 11.3 Å². The van der Waals surface area contributed by atoms with Gasteiger partial charge >= 0.3 is 0 Å². The standard InChI is InChI=1S/C13H22N2OS2/c1-11(2)14-9-12-3-4-13(17-12)10-15-5-7-18(16)8-6-15/h3-4,11,14H,5-10H2,1-2H3. The van der Waals surface area contributed by atoms with Crippen LogP contribution in [0.15, 0.2) is 12.1 Å². The third kappa shape index (κ3) is 4.46. The predicted molar refractivity (Wildman–Crippen MR) is 79.4 cm³/mol. The maximum absolute atomic E-state index is 11.3. The lowest BCUT2D eigenvalue weighted by atomic mass is 10.3. The lowest BCUT2D eigenvalue weighted by Crippen LogP contribution is -2.36. The Morgan fingerprint density at radius 1 is 1.33 bits per heavy atom. The Bertz CT molecular complexity index is 393. The zero-order valence-electron chi connectivity index (χ0n) is 11.1. The van der Waals surface area contributed by atoms with Gasteiger partial charge in [-0.3, -0.25) is 9.11 Å². The minimum absolute atomic E-state index is 0.535. The van der Waals surface area contributed by atoms with E-state index in [0.29, 0.717) is 6.04 Å². The third-order valence-electron chi connectivity index (χ3n) is 3.05. The first-order valence-electron chi connectivity index (χ1n) is 6.52. The summed E-state index contributed by atoms with van der Waals surface area (Å²) in [5, 5.41) is 3.44. The van der Waals surface area contributed by atoms with Crippen LogP contribution in [0.1, 0.15) is 23.6 Å². The zero-order chi connectivity index (χ0) is 13.0. The van der Waals surface area contributed by atoms with Crippen LogP contribution in [-0.4, -0.2) is 39.7 Å². The molecule has 0 radical (unpaired) electrons. The smallest absolute Gasteiger partial charge is 0.0363 e. The molecule has 3 nitrogen and oxygen atoms in total. The van der Waals surface area contributed by atoms with Crippen molar-refractivity contribution < 1.29 is 4.21 Å². The second kappa shape index (κ2) is 6.80. The number of nitrogens with zero attached hydrogens (tertiary/aromatic N) is 1. The Kier molecular flexibility index (Phi) is 5.36. The Labute approximate surface area is 116 Å². The predicted octanol–water partition coefficient (Wildman–Crippen LogP) is 1.81. The molecule has 1 aromatic heterocycles. The van der Waals surface area contributed by atoms with Crippen LogP contribution < -0.4 is 5.32 Å². The average molecular weight is 286 g/mol. The summed E-state index contributed by atoms with van der Waals surface area (Å²) in [7, 11) is -0.570. The van der Waals surface area contributed by atoms with E-state index in [0.717, 1.165) is 37.7 Å². The Morgan fingerprint density at radius 2 is 2.00 bits per heavy atom. The molecular weight excluding hydrogens is 264 g/mol. The number of hydrogen-bond acceptors (Lipinski definition) is 4. The fourth-order valence-corrected chi connectivity index (χ4v) is 4.10. The second-order valence-corrected chi connectivity index (χ2v) is 7.98. The average Bonchev–Trinajstić information content (AvgIpc) is 2.77. The van der Waals surface area contributed by atoms with Gasteiger partial charge in [-0.25, -0.2) is 0 Å². The summed E-state index contributed by atoms with van der Waals surface area (Å²) in [6, 6.07) is 4.98. The summed E-state index contributed by atoms with van der Waals surface area (Å²) in [5.41, 5.74) is 0. The molecule has 0 unspecified atom stereocenters. The maximum Gasteiger partial charge on any atom is 0.0363 e. The highest BCUT2D eigenvalue weighted by Gasteiger charge is 2.15. The molecule has 1 saturated heterocycles. The minimum atomic E-state index is -0.570. The van der Waals surface area contributed by atoms with E-state index in [9.17, 15) is 4.21 Å². The monoisotopic (exact) mass is 286 g/mol. The number of rotatable bonds is 5. The van der Waals surface area contributed by atoms with Gasteiger partial charge in [0.2, 0.25) is 0 Å². The van der Waals surface area contributed by atoms with Crippen molar-refractivity contribution in [3.05, 3.63) is 21.9 Å². The highest BCUT2D eigenvalue weighted by molar-refractivity contribution is 7.85. The number of thiophene rings is 1. The first-order valence-corrected chi connectivity index (χ1v) is 8.82. The normalized spacial score (nSPS) is 18.6. The summed E-state index contributed by atoms with van der Waals surface area (Å²) in [6.45, 7) is 8.27. The van der Waals surface area contributed by atoms with E-state index >= 15 is 0 Å². The summed E-state index contributed by atoms with van der Waals surface area (Å²) in [5.74, 6) is 1.68. The van der Waals surface area contributed by atoms with Crippen molar-refractivity contribution in [3.63, 3.8) is 0 Å². The first-order chi connectivity index (χ1) is 8.63. The van der Waals surface area contributed by atoms with E-state index in [1.165, 1.54) is 9.75 Å². The van der Waals surface area contributed by atoms with Gasteiger partial charge in [-0.05, 0) is 12.1 Å². The van der Waals surface area contributed by atoms with Crippen molar-refractivity contribution in [1.29, 1.82) is 0 Å². The van der Waals surface area contributed by atoms with Gasteiger partial charge in [0, 0.05) is 64.3 Å². The van der Waals surface area contributed by atoms with E-state index in [1.807, 2.05) is 11.3 Å². The highest BCUT2D eigenvalue weighted by atomic mass is 32.2. The molecule has 0 saturated carbocycles. The fourth-order valence-electron chi connectivity index (χ4n) is 1.96. The Balaban J connectivity index is 1.81. The maximum atomic E-state index is 11.3. The van der Waals surface area contributed by atoms with Crippen LogP contribution in [0.3, 0.4) is 0 Å². The highest BCUT2D eigenvalue weighted by Crippen LogP contribution is 2.19. The van der Waals surface area contributed by atoms with Gasteiger partial charge in [0.05, 0.1) is 0 Å². The van der Waals surface area contributed by atoms with Crippen LogP contribution in [-0.2, 0) is 23.9 Å². The lowest BCUT2D eigenvalue weighted by Gasteiger charge is -2.25. The van der Waals surface area contributed by atoms with Crippen LogP contribution in [0.5, 0.6) is 0 Å². The second-order valence-electron chi connectivity index (χ2n) is 5.03. The van der Waals surface area contributed by atoms with Crippen LogP contribution in [0.2, 0.25) is 0 Å². The summed E-state index contributed by atoms with van der Waals surface area (Å²) in [4.78, 5) is 5.23. The molecule has 1 N–H and O–H groups in total.